The van der Waals surface area contributed by atoms with Crippen molar-refractivity contribution in [1.29, 1.82) is 0 Å². The van der Waals surface area contributed by atoms with Crippen molar-refractivity contribution in [3.63, 3.8) is 0 Å². The van der Waals surface area contributed by atoms with Crippen LogP contribution in [0.1, 0.15) is 0 Å². The maximum absolute atomic E-state index is 8.46. The second kappa shape index (κ2) is 9.95. The predicted octanol–water partition coefficient (Wildman–Crippen LogP) is 2.62. The summed E-state index contributed by atoms with van der Waals surface area (Å²) in [6, 6.07) is 20.8. The Kier molecular flexibility index (Phi) is 9.80. The topological polar surface area (TPSA) is 37.3 Å². The smallest absolute Gasteiger partial charge is 0.0184 e. The van der Waals surface area contributed by atoms with Crippen molar-refractivity contribution in [3.05, 3.63) is 60.7 Å². The summed E-state index contributed by atoms with van der Waals surface area (Å²) >= 11 is 0. The molecule has 0 unspecified atom stereocenters. The zero-order valence-corrected chi connectivity index (χ0v) is 8.97. The minimum Gasteiger partial charge on any atom is -0.0622 e. The van der Waals surface area contributed by atoms with E-state index >= 15 is 0 Å². The fourth-order valence-electron chi connectivity index (χ4n) is 1.26. The van der Waals surface area contributed by atoms with E-state index < -0.39 is 8.69 Å². The van der Waals surface area contributed by atoms with Crippen molar-refractivity contribution in [1.82, 2.24) is 0 Å². The summed E-state index contributed by atoms with van der Waals surface area (Å²) in [6.45, 7) is 0. The zero-order valence-electron chi connectivity index (χ0n) is 8.08. The third-order valence-electron chi connectivity index (χ3n) is 1.88. The van der Waals surface area contributed by atoms with Gasteiger partial charge >= 0.3 is 46.4 Å². The SMILES string of the molecule is O=PO.[CaH2].c1ccc(-c2ccccc2)cc1. The first-order valence-corrected chi connectivity index (χ1v) is 5.22. The molecular formula is C12H13CaO2P. The van der Waals surface area contributed by atoms with E-state index in [1.54, 1.807) is 0 Å². The molecule has 2 rings (SSSR count). The molecule has 0 atom stereocenters. The molecule has 0 aromatic heterocycles. The predicted molar refractivity (Wildman–Crippen MR) is 70.2 cm³/mol. The van der Waals surface area contributed by atoms with Gasteiger partial charge in [0.1, 0.15) is 0 Å². The molecule has 0 aliphatic rings. The molecule has 0 bridgehead atoms. The largest absolute Gasteiger partial charge is 0.0622 e. The van der Waals surface area contributed by atoms with E-state index in [-0.39, 0.29) is 37.7 Å². The Balaban J connectivity index is 0.000000511. The molecule has 0 radical (unpaired) electrons. The monoisotopic (exact) mass is 260 g/mol. The van der Waals surface area contributed by atoms with Crippen LogP contribution in [0.3, 0.4) is 0 Å². The molecule has 2 nitrogen and oxygen atoms in total. The molecule has 0 amide bonds. The molecule has 1 N–H and O–H groups in total. The van der Waals surface area contributed by atoms with Gasteiger partial charge in [0.05, 0.1) is 0 Å². The van der Waals surface area contributed by atoms with Gasteiger partial charge in [0.25, 0.3) is 0 Å². The van der Waals surface area contributed by atoms with Crippen molar-refractivity contribution in [2.75, 3.05) is 0 Å². The Hall–Kier alpha value is -0.240. The van der Waals surface area contributed by atoms with Crippen LogP contribution in [0.4, 0.5) is 0 Å². The summed E-state index contributed by atoms with van der Waals surface area (Å²) in [7, 11) is -0.833. The van der Waals surface area contributed by atoms with Gasteiger partial charge in [-0.05, 0) is 11.1 Å². The van der Waals surface area contributed by atoms with Gasteiger partial charge in [0.2, 0.25) is 0 Å². The van der Waals surface area contributed by atoms with Gasteiger partial charge in [-0.1, -0.05) is 60.7 Å². The number of benzene rings is 2. The van der Waals surface area contributed by atoms with Gasteiger partial charge in [0, 0.05) is 0 Å². The second-order valence-corrected chi connectivity index (χ2v) is 2.98. The molecule has 0 spiro atoms. The van der Waals surface area contributed by atoms with E-state index in [0.717, 1.165) is 0 Å². The molecule has 0 heterocycles. The van der Waals surface area contributed by atoms with E-state index in [1.807, 2.05) is 12.1 Å². The minimum absolute atomic E-state index is 0. The number of rotatable bonds is 1. The Morgan fingerprint density at radius 1 is 0.750 bits per heavy atom. The molecule has 4 heteroatoms. The van der Waals surface area contributed by atoms with E-state index in [0.29, 0.717) is 0 Å². The maximum atomic E-state index is 8.46. The Morgan fingerprint density at radius 2 is 1.00 bits per heavy atom. The molecule has 2 aromatic rings. The van der Waals surface area contributed by atoms with Crippen LogP contribution in [0.15, 0.2) is 60.7 Å². The van der Waals surface area contributed by atoms with Gasteiger partial charge < -0.3 is 4.89 Å². The average Bonchev–Trinajstić information content (AvgIpc) is 2.32. The molecule has 16 heavy (non-hydrogen) atoms. The van der Waals surface area contributed by atoms with Crippen LogP contribution in [-0.4, -0.2) is 42.6 Å². The number of hydrogen-bond donors (Lipinski definition) is 1. The molecule has 2 aromatic carbocycles. The van der Waals surface area contributed by atoms with Crippen LogP contribution >= 0.6 is 8.69 Å². The summed E-state index contributed by atoms with van der Waals surface area (Å²) in [5, 5.41) is 0. The molecule has 80 valence electrons. The van der Waals surface area contributed by atoms with E-state index in [1.165, 1.54) is 11.1 Å². The molecule has 0 aliphatic carbocycles. The van der Waals surface area contributed by atoms with Crippen LogP contribution in [0, 0.1) is 0 Å². The molecule has 0 saturated heterocycles. The summed E-state index contributed by atoms with van der Waals surface area (Å²) in [5.41, 5.74) is 2.55. The van der Waals surface area contributed by atoms with Gasteiger partial charge in [-0.3, -0.25) is 0 Å². The van der Waals surface area contributed by atoms with Gasteiger partial charge in [-0.2, -0.15) is 0 Å². The average molecular weight is 260 g/mol. The second-order valence-electron chi connectivity index (χ2n) is 2.81. The van der Waals surface area contributed by atoms with Gasteiger partial charge in [-0.15, -0.1) is 0 Å². The third-order valence-corrected chi connectivity index (χ3v) is 1.88. The summed E-state index contributed by atoms with van der Waals surface area (Å²) in [6.07, 6.45) is 0. The van der Waals surface area contributed by atoms with Crippen molar-refractivity contribution in [2.45, 2.75) is 0 Å². The first-order chi connectivity index (χ1) is 7.38. The fraction of sp³-hybridized carbons (Fsp3) is 0. The van der Waals surface area contributed by atoms with Crippen LogP contribution in [0.25, 0.3) is 11.1 Å². The summed E-state index contributed by atoms with van der Waals surface area (Å²) in [5.74, 6) is 0. The quantitative estimate of drug-likeness (QED) is 0.632. The first kappa shape index (κ1) is 15.8. The van der Waals surface area contributed by atoms with E-state index in [4.69, 9.17) is 9.46 Å². The van der Waals surface area contributed by atoms with Crippen LogP contribution in [0.5, 0.6) is 0 Å². The Labute approximate surface area is 127 Å². The first-order valence-electron chi connectivity index (χ1n) is 4.45. The zero-order chi connectivity index (χ0) is 10.9. The van der Waals surface area contributed by atoms with Crippen LogP contribution in [-0.2, 0) is 4.57 Å². The minimum atomic E-state index is -0.833. The normalized spacial score (nSPS) is 8.56. The fourth-order valence-corrected chi connectivity index (χ4v) is 1.26. The van der Waals surface area contributed by atoms with Crippen molar-refractivity contribution in [2.24, 2.45) is 0 Å². The van der Waals surface area contributed by atoms with Gasteiger partial charge in [0.15, 0.2) is 0 Å². The Morgan fingerprint density at radius 3 is 1.25 bits per heavy atom. The molecule has 0 saturated carbocycles. The van der Waals surface area contributed by atoms with Crippen LogP contribution in [0.2, 0.25) is 0 Å². The van der Waals surface area contributed by atoms with Gasteiger partial charge in [-0.25, -0.2) is 4.57 Å². The Bertz CT molecular complexity index is 355. The van der Waals surface area contributed by atoms with E-state index in [2.05, 4.69) is 48.5 Å². The maximum Gasteiger partial charge on any atom is -0.0184 e. The number of hydrogen-bond acceptors (Lipinski definition) is 1. The standard InChI is InChI=1S/C12H10.Ca.HO2P.2H/c1-3-7-11(8-4-1)12-9-5-2-6-10-12;;1-3-2;;/h1-10H;;(H,1,2);;. The summed E-state index contributed by atoms with van der Waals surface area (Å²) in [4.78, 5) is 6.99. The van der Waals surface area contributed by atoms with E-state index in [9.17, 15) is 0 Å². The van der Waals surface area contributed by atoms with Crippen LogP contribution < -0.4 is 0 Å². The molecular weight excluding hydrogens is 247 g/mol. The summed E-state index contributed by atoms with van der Waals surface area (Å²) < 4.78 is 8.46. The van der Waals surface area contributed by atoms with Crippen molar-refractivity contribution >= 4 is 46.4 Å². The molecule has 0 fully saturated rings. The third kappa shape index (κ3) is 5.74. The van der Waals surface area contributed by atoms with Crippen molar-refractivity contribution < 1.29 is 9.46 Å². The molecule has 0 aliphatic heterocycles. The van der Waals surface area contributed by atoms with Crippen molar-refractivity contribution in [3.8, 4) is 11.1 Å².